The number of nitriles is 1. The number of primary sulfonamides is 1. The first-order chi connectivity index (χ1) is 14.6. The molecule has 2 aromatic carbocycles. The quantitative estimate of drug-likeness (QED) is 0.447. The molecule has 3 aromatic rings. The summed E-state index contributed by atoms with van der Waals surface area (Å²) in [5.74, 6) is -1.14. The molecular formula is C20H15ClFN5O3S. The van der Waals surface area contributed by atoms with Gasteiger partial charge in [0.05, 0.1) is 16.3 Å². The summed E-state index contributed by atoms with van der Waals surface area (Å²) in [5.41, 5.74) is 1.32. The van der Waals surface area contributed by atoms with Gasteiger partial charge in [0.15, 0.2) is 0 Å². The van der Waals surface area contributed by atoms with Crippen LogP contribution in [0.2, 0.25) is 5.15 Å². The number of rotatable bonds is 5. The number of hydrogen-bond donors (Lipinski definition) is 2. The molecule has 31 heavy (non-hydrogen) atoms. The summed E-state index contributed by atoms with van der Waals surface area (Å²) >= 11 is 6.38. The Balaban J connectivity index is 1.88. The molecule has 0 aliphatic rings. The molecule has 0 bridgehead atoms. The van der Waals surface area contributed by atoms with E-state index in [0.29, 0.717) is 16.9 Å². The van der Waals surface area contributed by atoms with Gasteiger partial charge in [0.2, 0.25) is 10.0 Å². The molecular weight excluding hydrogens is 445 g/mol. The highest BCUT2D eigenvalue weighted by atomic mass is 35.5. The third-order valence-corrected chi connectivity index (χ3v) is 5.51. The van der Waals surface area contributed by atoms with Gasteiger partial charge in [-0.05, 0) is 61.5 Å². The van der Waals surface area contributed by atoms with Gasteiger partial charge in [-0.15, -0.1) is 0 Å². The summed E-state index contributed by atoms with van der Waals surface area (Å²) < 4.78 is 37.1. The van der Waals surface area contributed by atoms with Crippen molar-refractivity contribution in [1.82, 2.24) is 9.78 Å². The first-order valence-electron chi connectivity index (χ1n) is 8.67. The fourth-order valence-electron chi connectivity index (χ4n) is 2.65. The van der Waals surface area contributed by atoms with E-state index >= 15 is 0 Å². The zero-order valence-corrected chi connectivity index (χ0v) is 17.6. The van der Waals surface area contributed by atoms with Crippen LogP contribution in [0.3, 0.4) is 0 Å². The largest absolute Gasteiger partial charge is 0.321 e. The summed E-state index contributed by atoms with van der Waals surface area (Å²) in [6.45, 7) is 1.65. The molecule has 1 aromatic heterocycles. The average molecular weight is 460 g/mol. The Kier molecular flexibility index (Phi) is 6.21. The number of nitrogens with zero attached hydrogens (tertiary/aromatic N) is 3. The third-order valence-electron chi connectivity index (χ3n) is 4.21. The zero-order chi connectivity index (χ0) is 22.8. The van der Waals surface area contributed by atoms with Gasteiger partial charge in [-0.25, -0.2) is 22.6 Å². The summed E-state index contributed by atoms with van der Waals surface area (Å²) in [6, 6.07) is 12.5. The van der Waals surface area contributed by atoms with Gasteiger partial charge in [0.25, 0.3) is 5.91 Å². The lowest BCUT2D eigenvalue weighted by Gasteiger charge is -2.05. The molecule has 1 amide bonds. The first kappa shape index (κ1) is 22.2. The number of sulfonamides is 1. The molecule has 158 valence electrons. The molecule has 0 spiro atoms. The van der Waals surface area contributed by atoms with E-state index in [0.717, 1.165) is 0 Å². The van der Waals surface area contributed by atoms with Crippen molar-refractivity contribution in [2.45, 2.75) is 11.8 Å². The van der Waals surface area contributed by atoms with E-state index in [-0.39, 0.29) is 21.3 Å². The predicted molar refractivity (Wildman–Crippen MR) is 113 cm³/mol. The number of carbonyl (C=O) groups is 1. The van der Waals surface area contributed by atoms with E-state index in [4.69, 9.17) is 16.7 Å². The second-order valence-electron chi connectivity index (χ2n) is 6.37. The number of halogens is 2. The SMILES string of the molecule is Cc1nn(-c2ccc(F)cc2)c(Cl)c1/C=C(\C#N)C(=O)Nc1ccc(S(N)(=O)=O)cc1. The second kappa shape index (κ2) is 8.69. The van der Waals surface area contributed by atoms with Gasteiger partial charge in [0, 0.05) is 11.3 Å². The van der Waals surface area contributed by atoms with E-state index in [1.165, 1.54) is 59.3 Å². The Bertz CT molecular complexity index is 1320. The van der Waals surface area contributed by atoms with Crippen molar-refractivity contribution in [2.24, 2.45) is 5.14 Å². The van der Waals surface area contributed by atoms with Gasteiger partial charge < -0.3 is 5.32 Å². The fraction of sp³-hybridized carbons (Fsp3) is 0.0500. The molecule has 0 saturated heterocycles. The van der Waals surface area contributed by atoms with Gasteiger partial charge in [-0.2, -0.15) is 10.4 Å². The normalized spacial score (nSPS) is 11.8. The maximum atomic E-state index is 13.2. The van der Waals surface area contributed by atoms with E-state index in [1.807, 2.05) is 0 Å². The van der Waals surface area contributed by atoms with Crippen LogP contribution in [0.15, 0.2) is 59.0 Å². The van der Waals surface area contributed by atoms with Crippen LogP contribution >= 0.6 is 11.6 Å². The van der Waals surface area contributed by atoms with Crippen molar-refractivity contribution < 1.29 is 17.6 Å². The molecule has 0 atom stereocenters. The van der Waals surface area contributed by atoms with Crippen molar-refractivity contribution in [1.29, 1.82) is 5.26 Å². The summed E-state index contributed by atoms with van der Waals surface area (Å²) in [4.78, 5) is 12.4. The van der Waals surface area contributed by atoms with Crippen molar-refractivity contribution in [3.8, 4) is 11.8 Å². The first-order valence-corrected chi connectivity index (χ1v) is 10.6. The minimum Gasteiger partial charge on any atom is -0.321 e. The van der Waals surface area contributed by atoms with Crippen molar-refractivity contribution >= 4 is 39.3 Å². The Morgan fingerprint density at radius 1 is 1.23 bits per heavy atom. The monoisotopic (exact) mass is 459 g/mol. The number of aryl methyl sites for hydroxylation is 1. The van der Waals surface area contributed by atoms with Crippen LogP contribution in [-0.4, -0.2) is 24.1 Å². The van der Waals surface area contributed by atoms with Crippen LogP contribution in [0.4, 0.5) is 10.1 Å². The number of carbonyl (C=O) groups excluding carboxylic acids is 1. The lowest BCUT2D eigenvalue weighted by molar-refractivity contribution is -0.112. The number of amides is 1. The van der Waals surface area contributed by atoms with Gasteiger partial charge in [0.1, 0.15) is 22.6 Å². The molecule has 0 aliphatic carbocycles. The van der Waals surface area contributed by atoms with Crippen LogP contribution in [-0.2, 0) is 14.8 Å². The van der Waals surface area contributed by atoms with E-state index in [2.05, 4.69) is 10.4 Å². The topological polar surface area (TPSA) is 131 Å². The Morgan fingerprint density at radius 3 is 2.39 bits per heavy atom. The lowest BCUT2D eigenvalue weighted by Crippen LogP contribution is -2.14. The number of nitrogens with one attached hydrogen (secondary N) is 1. The van der Waals surface area contributed by atoms with Crippen LogP contribution in [0, 0.1) is 24.1 Å². The van der Waals surface area contributed by atoms with Gasteiger partial charge >= 0.3 is 0 Å². The van der Waals surface area contributed by atoms with Crippen molar-refractivity contribution in [2.75, 3.05) is 5.32 Å². The van der Waals surface area contributed by atoms with E-state index in [1.54, 1.807) is 13.0 Å². The number of anilines is 1. The van der Waals surface area contributed by atoms with E-state index in [9.17, 15) is 22.9 Å². The number of benzene rings is 2. The van der Waals surface area contributed by atoms with Crippen molar-refractivity contribution in [3.63, 3.8) is 0 Å². The summed E-state index contributed by atoms with van der Waals surface area (Å²) in [6.07, 6.45) is 1.29. The van der Waals surface area contributed by atoms with E-state index < -0.39 is 21.7 Å². The minimum absolute atomic E-state index is 0.114. The zero-order valence-electron chi connectivity index (χ0n) is 16.0. The number of nitrogens with two attached hydrogens (primary N) is 1. The van der Waals surface area contributed by atoms with Crippen LogP contribution < -0.4 is 10.5 Å². The second-order valence-corrected chi connectivity index (χ2v) is 8.29. The highest BCUT2D eigenvalue weighted by Gasteiger charge is 2.17. The molecule has 0 fully saturated rings. The summed E-state index contributed by atoms with van der Waals surface area (Å²) in [7, 11) is -3.86. The Labute approximate surface area is 182 Å². The molecule has 0 aliphatic heterocycles. The Morgan fingerprint density at radius 2 is 1.84 bits per heavy atom. The molecule has 8 nitrogen and oxygen atoms in total. The third kappa shape index (κ3) is 4.97. The fourth-order valence-corrected chi connectivity index (χ4v) is 3.49. The van der Waals surface area contributed by atoms with Crippen LogP contribution in [0.1, 0.15) is 11.3 Å². The highest BCUT2D eigenvalue weighted by molar-refractivity contribution is 7.89. The average Bonchev–Trinajstić information content (AvgIpc) is 3.00. The lowest BCUT2D eigenvalue weighted by atomic mass is 10.1. The van der Waals surface area contributed by atoms with Crippen molar-refractivity contribution in [3.05, 3.63) is 76.3 Å². The molecule has 3 N–H and O–H groups in total. The molecule has 3 rings (SSSR count). The maximum Gasteiger partial charge on any atom is 0.266 e. The van der Waals surface area contributed by atoms with Crippen LogP contribution in [0.5, 0.6) is 0 Å². The Hall–Kier alpha value is -3.52. The molecule has 1 heterocycles. The number of hydrogen-bond acceptors (Lipinski definition) is 5. The molecule has 0 unspecified atom stereocenters. The molecule has 0 saturated carbocycles. The standard InChI is InChI=1S/C20H15ClFN5O3S/c1-12-18(19(21)27(26-12)16-6-2-14(22)3-7-16)10-13(11-23)20(28)25-15-4-8-17(9-5-15)31(24,29)30/h2-10H,1H3,(H,25,28)(H2,24,29,30)/b13-10+. The van der Waals surface area contributed by atoms with Gasteiger partial charge in [-0.3, -0.25) is 4.79 Å². The minimum atomic E-state index is -3.86. The maximum absolute atomic E-state index is 13.2. The highest BCUT2D eigenvalue weighted by Crippen LogP contribution is 2.26. The predicted octanol–water partition coefficient (Wildman–Crippen LogP) is 3.17. The van der Waals surface area contributed by atoms with Gasteiger partial charge in [-0.1, -0.05) is 11.6 Å². The summed E-state index contributed by atoms with van der Waals surface area (Å²) in [5, 5.41) is 21.4. The van der Waals surface area contributed by atoms with Crippen LogP contribution in [0.25, 0.3) is 11.8 Å². The smallest absolute Gasteiger partial charge is 0.266 e. The number of aromatic nitrogens is 2. The molecule has 11 heteroatoms. The molecule has 0 radical (unpaired) electrons.